The molecule has 1 saturated heterocycles. The van der Waals surface area contributed by atoms with Gasteiger partial charge >= 0.3 is 6.09 Å². The number of hydrogen-bond donors (Lipinski definition) is 1. The average molecular weight is 215 g/mol. The summed E-state index contributed by atoms with van der Waals surface area (Å²) < 4.78 is 26.6. The van der Waals surface area contributed by atoms with Gasteiger partial charge in [-0.3, -0.25) is 0 Å². The van der Waals surface area contributed by atoms with E-state index < -0.39 is 21.4 Å². The fraction of sp³-hybridized carbons (Fsp3) is 0.750. The van der Waals surface area contributed by atoms with Crippen LogP contribution in [0.1, 0.15) is 0 Å². The van der Waals surface area contributed by atoms with Gasteiger partial charge in [0.1, 0.15) is 6.10 Å². The Balaban J connectivity index is 2.34. The van der Waals surface area contributed by atoms with E-state index in [0.29, 0.717) is 0 Å². The number of hydrogen-bond acceptors (Lipinski definition) is 4. The molecule has 6 nitrogen and oxygen atoms in total. The zero-order valence-corrected chi connectivity index (χ0v) is 7.51. The molecule has 8 heteroatoms. The molecule has 0 spiro atoms. The molecule has 70 valence electrons. The van der Waals surface area contributed by atoms with E-state index >= 15 is 0 Å². The molecule has 0 aliphatic carbocycles. The summed E-state index contributed by atoms with van der Waals surface area (Å²) in [7, 11) is 1.30. The maximum Gasteiger partial charge on any atom is 0.404 e. The van der Waals surface area contributed by atoms with Gasteiger partial charge in [0.15, 0.2) is 0 Å². The van der Waals surface area contributed by atoms with Crippen LogP contribution in [0.15, 0.2) is 0 Å². The van der Waals surface area contributed by atoms with Gasteiger partial charge in [-0.05, 0) is 0 Å². The lowest BCUT2D eigenvalue weighted by molar-refractivity contribution is 0.0331. The molecule has 1 rings (SSSR count). The number of carbonyl (C=O) groups excluding carboxylic acids is 1. The molecule has 1 amide bonds. The van der Waals surface area contributed by atoms with E-state index in [-0.39, 0.29) is 13.1 Å². The molecule has 2 N–H and O–H groups in total. The molecule has 12 heavy (non-hydrogen) atoms. The molecule has 1 heterocycles. The molecular weight excluding hydrogens is 208 g/mol. The minimum absolute atomic E-state index is 0.0781. The van der Waals surface area contributed by atoms with Crippen molar-refractivity contribution >= 4 is 26.0 Å². The highest BCUT2D eigenvalue weighted by Gasteiger charge is 2.36. The summed E-state index contributed by atoms with van der Waals surface area (Å²) in [5.41, 5.74) is 4.70. The van der Waals surface area contributed by atoms with E-state index in [1.165, 1.54) is 0 Å². The van der Waals surface area contributed by atoms with Gasteiger partial charge in [-0.15, -0.1) is 0 Å². The number of nitrogens with two attached hydrogens (primary N) is 1. The van der Waals surface area contributed by atoms with Crippen molar-refractivity contribution in [2.45, 2.75) is 6.10 Å². The summed E-state index contributed by atoms with van der Waals surface area (Å²) in [4.78, 5) is 10.2. The number of amides is 1. The first kappa shape index (κ1) is 9.56. The molecule has 0 saturated carbocycles. The van der Waals surface area contributed by atoms with Crippen molar-refractivity contribution in [3.05, 3.63) is 0 Å². The summed E-state index contributed by atoms with van der Waals surface area (Å²) >= 11 is 0. The first-order valence-electron chi connectivity index (χ1n) is 3.05. The summed E-state index contributed by atoms with van der Waals surface area (Å²) in [6, 6.07) is 0. The maximum atomic E-state index is 10.6. The molecular formula is C4H7ClN2O4S. The van der Waals surface area contributed by atoms with Crippen LogP contribution in [0.4, 0.5) is 4.79 Å². The fourth-order valence-electron chi connectivity index (χ4n) is 0.818. The molecule has 0 aromatic heterocycles. The molecule has 0 atom stereocenters. The molecule has 0 radical (unpaired) electrons. The third-order valence-electron chi connectivity index (χ3n) is 1.41. The highest BCUT2D eigenvalue weighted by molar-refractivity contribution is 8.11. The lowest BCUT2D eigenvalue weighted by Crippen LogP contribution is -2.54. The van der Waals surface area contributed by atoms with E-state index in [0.717, 1.165) is 4.31 Å². The standard InChI is InChI=1S/C4H7ClN2O4S/c5-12(9,10)7-1-3(2-7)11-4(6)8/h3H,1-2H2,(H2,6,8). The van der Waals surface area contributed by atoms with Gasteiger partial charge in [-0.1, -0.05) is 0 Å². The van der Waals surface area contributed by atoms with Crippen LogP contribution in [-0.2, 0) is 14.0 Å². The van der Waals surface area contributed by atoms with E-state index in [9.17, 15) is 13.2 Å². The molecule has 1 aliphatic heterocycles. The number of carbonyl (C=O) groups is 1. The molecule has 1 aliphatic rings. The van der Waals surface area contributed by atoms with Crippen LogP contribution in [0.5, 0.6) is 0 Å². The lowest BCUT2D eigenvalue weighted by Gasteiger charge is -2.34. The van der Waals surface area contributed by atoms with Crippen molar-refractivity contribution in [3.8, 4) is 0 Å². The highest BCUT2D eigenvalue weighted by atomic mass is 35.7. The highest BCUT2D eigenvalue weighted by Crippen LogP contribution is 2.18. The maximum absolute atomic E-state index is 10.6. The first-order valence-corrected chi connectivity index (χ1v) is 5.32. The van der Waals surface area contributed by atoms with Crippen molar-refractivity contribution in [1.82, 2.24) is 4.31 Å². The Morgan fingerprint density at radius 2 is 2.08 bits per heavy atom. The van der Waals surface area contributed by atoms with Gasteiger partial charge in [0.2, 0.25) is 0 Å². The summed E-state index contributed by atoms with van der Waals surface area (Å²) in [6.07, 6.45) is -1.37. The Hall–Kier alpha value is -0.530. The molecule has 0 bridgehead atoms. The van der Waals surface area contributed by atoms with E-state index in [1.807, 2.05) is 0 Å². The zero-order valence-electron chi connectivity index (χ0n) is 5.94. The summed E-state index contributed by atoms with van der Waals surface area (Å²) in [6.45, 7) is 0.156. The third kappa shape index (κ3) is 2.23. The average Bonchev–Trinajstić information content (AvgIpc) is 1.73. The van der Waals surface area contributed by atoms with Crippen molar-refractivity contribution in [2.24, 2.45) is 5.73 Å². The predicted molar refractivity (Wildman–Crippen MR) is 40.8 cm³/mol. The van der Waals surface area contributed by atoms with Gasteiger partial charge in [0.05, 0.1) is 13.1 Å². The van der Waals surface area contributed by atoms with Crippen molar-refractivity contribution in [3.63, 3.8) is 0 Å². The molecule has 0 aromatic carbocycles. The summed E-state index contributed by atoms with van der Waals surface area (Å²) in [5, 5.41) is 0. The Bertz CT molecular complexity index is 283. The Morgan fingerprint density at radius 3 is 2.42 bits per heavy atom. The van der Waals surface area contributed by atoms with Crippen LogP contribution in [0.2, 0.25) is 0 Å². The monoisotopic (exact) mass is 214 g/mol. The fourth-order valence-corrected chi connectivity index (χ4v) is 1.84. The minimum Gasteiger partial charge on any atom is -0.444 e. The normalized spacial score (nSPS) is 20.1. The van der Waals surface area contributed by atoms with Gasteiger partial charge < -0.3 is 10.5 Å². The van der Waals surface area contributed by atoms with Crippen molar-refractivity contribution in [2.75, 3.05) is 13.1 Å². The number of primary amides is 1. The lowest BCUT2D eigenvalue weighted by atomic mass is 10.2. The number of nitrogens with zero attached hydrogens (tertiary/aromatic N) is 1. The van der Waals surface area contributed by atoms with Gasteiger partial charge in [-0.25, -0.2) is 4.79 Å². The smallest absolute Gasteiger partial charge is 0.404 e. The number of halogens is 1. The van der Waals surface area contributed by atoms with Crippen molar-refractivity contribution in [1.29, 1.82) is 0 Å². The SMILES string of the molecule is NC(=O)OC1CN(S(=O)(=O)Cl)C1. The quantitative estimate of drug-likeness (QED) is 0.613. The topological polar surface area (TPSA) is 89.7 Å². The van der Waals surface area contributed by atoms with E-state index in [2.05, 4.69) is 4.74 Å². The van der Waals surface area contributed by atoms with Gasteiger partial charge in [0, 0.05) is 10.7 Å². The summed E-state index contributed by atoms with van der Waals surface area (Å²) in [5.74, 6) is 0. The minimum atomic E-state index is -3.66. The second-order valence-electron chi connectivity index (χ2n) is 2.32. The Labute approximate surface area is 73.8 Å². The van der Waals surface area contributed by atoms with Crippen LogP contribution in [0, 0.1) is 0 Å². The van der Waals surface area contributed by atoms with Crippen molar-refractivity contribution < 1.29 is 17.9 Å². The molecule has 0 aromatic rings. The van der Waals surface area contributed by atoms with Crippen LogP contribution in [0.25, 0.3) is 0 Å². The molecule has 0 unspecified atom stereocenters. The Morgan fingerprint density at radius 1 is 1.58 bits per heavy atom. The second-order valence-corrected chi connectivity index (χ2v) is 4.83. The van der Waals surface area contributed by atoms with Crippen LogP contribution in [0.3, 0.4) is 0 Å². The number of ether oxygens (including phenoxy) is 1. The third-order valence-corrected chi connectivity index (χ3v) is 2.91. The van der Waals surface area contributed by atoms with Crippen LogP contribution < -0.4 is 5.73 Å². The zero-order chi connectivity index (χ0) is 9.35. The molecule has 1 fully saturated rings. The van der Waals surface area contributed by atoms with E-state index in [4.69, 9.17) is 16.4 Å². The second kappa shape index (κ2) is 3.08. The van der Waals surface area contributed by atoms with Gasteiger partial charge in [-0.2, -0.15) is 12.7 Å². The van der Waals surface area contributed by atoms with E-state index in [1.54, 1.807) is 0 Å². The van der Waals surface area contributed by atoms with Gasteiger partial charge in [0.25, 0.3) is 9.24 Å². The first-order chi connectivity index (χ1) is 5.39. The van der Waals surface area contributed by atoms with Crippen LogP contribution >= 0.6 is 10.7 Å². The van der Waals surface area contributed by atoms with Crippen LogP contribution in [-0.4, -0.2) is 38.0 Å². The largest absolute Gasteiger partial charge is 0.444 e. The predicted octanol–water partition coefficient (Wildman–Crippen LogP) is -0.750. The Kier molecular flexibility index (Phi) is 2.45. The number of rotatable bonds is 2.